The molecule has 0 spiro atoms. The molecule has 1 aliphatic heterocycles. The van der Waals surface area contributed by atoms with E-state index in [0.29, 0.717) is 17.5 Å². The highest BCUT2D eigenvalue weighted by Crippen LogP contribution is 2.48. The van der Waals surface area contributed by atoms with Gasteiger partial charge in [0.15, 0.2) is 11.9 Å². The van der Waals surface area contributed by atoms with Crippen molar-refractivity contribution in [1.29, 1.82) is 0 Å². The first kappa shape index (κ1) is 21.1. The van der Waals surface area contributed by atoms with Crippen molar-refractivity contribution >= 4 is 33.2 Å². The van der Waals surface area contributed by atoms with E-state index in [1.165, 1.54) is 5.56 Å². The van der Waals surface area contributed by atoms with E-state index in [2.05, 4.69) is 29.1 Å². The van der Waals surface area contributed by atoms with Crippen LogP contribution < -0.4 is 4.74 Å². The lowest BCUT2D eigenvalue weighted by Gasteiger charge is -2.27. The number of halogens is 1. The molecule has 8 heteroatoms. The van der Waals surface area contributed by atoms with Crippen LogP contribution in [0.25, 0.3) is 21.3 Å². The number of hydrogen-bond acceptors (Lipinski definition) is 7. The number of rotatable bonds is 4. The van der Waals surface area contributed by atoms with Crippen molar-refractivity contribution < 1.29 is 14.4 Å². The SMILES string of the molecule is CN(C)C1CCc2noc(C3Cc4cc(Cl)cc(-c5ccnc6cc(CO)sc56)c4O3)c2C1. The predicted octanol–water partition coefficient (Wildman–Crippen LogP) is 5.19. The Hall–Kier alpha value is -2.45. The minimum absolute atomic E-state index is 0.00274. The maximum absolute atomic E-state index is 9.61. The van der Waals surface area contributed by atoms with Crippen LogP contribution in [0.15, 0.2) is 35.0 Å². The van der Waals surface area contributed by atoms with E-state index in [4.69, 9.17) is 20.9 Å². The number of aliphatic hydroxyl groups is 1. The van der Waals surface area contributed by atoms with Crippen LogP contribution in [0.1, 0.15) is 40.0 Å². The number of aromatic nitrogens is 2. The minimum Gasteiger partial charge on any atom is -0.481 e. The van der Waals surface area contributed by atoms with Gasteiger partial charge in [-0.05, 0) is 57.6 Å². The lowest BCUT2D eigenvalue weighted by molar-refractivity contribution is 0.188. The molecule has 4 heterocycles. The van der Waals surface area contributed by atoms with Crippen LogP contribution in [-0.2, 0) is 25.9 Å². The van der Waals surface area contributed by atoms with E-state index in [0.717, 1.165) is 68.3 Å². The summed E-state index contributed by atoms with van der Waals surface area (Å²) in [5.74, 6) is 1.68. The van der Waals surface area contributed by atoms with Crippen molar-refractivity contribution in [3.05, 3.63) is 62.9 Å². The minimum atomic E-state index is -0.219. The average molecular weight is 482 g/mol. The summed E-state index contributed by atoms with van der Waals surface area (Å²) < 4.78 is 13.4. The van der Waals surface area contributed by atoms with Crippen molar-refractivity contribution in [2.24, 2.45) is 0 Å². The van der Waals surface area contributed by atoms with E-state index in [-0.39, 0.29) is 12.7 Å². The molecule has 0 fully saturated rings. The number of nitrogens with zero attached hydrogens (tertiary/aromatic N) is 3. The van der Waals surface area contributed by atoms with Gasteiger partial charge >= 0.3 is 0 Å². The van der Waals surface area contributed by atoms with Crippen LogP contribution in [0.5, 0.6) is 5.75 Å². The normalized spacial score (nSPS) is 19.7. The van der Waals surface area contributed by atoms with Crippen LogP contribution in [0.3, 0.4) is 0 Å². The van der Waals surface area contributed by atoms with Crippen molar-refractivity contribution in [2.45, 2.75) is 44.4 Å². The summed E-state index contributed by atoms with van der Waals surface area (Å²) in [6.07, 6.45) is 5.21. The lowest BCUT2D eigenvalue weighted by atomic mass is 9.89. The molecule has 33 heavy (non-hydrogen) atoms. The van der Waals surface area contributed by atoms with Crippen LogP contribution in [0.4, 0.5) is 0 Å². The largest absolute Gasteiger partial charge is 0.481 e. The Bertz CT molecular complexity index is 1360. The molecule has 2 unspecified atom stereocenters. The molecular formula is C25H24ClN3O3S. The quantitative estimate of drug-likeness (QED) is 0.432. The Kier molecular flexibility index (Phi) is 5.18. The first-order valence-electron chi connectivity index (χ1n) is 11.1. The van der Waals surface area contributed by atoms with Gasteiger partial charge in [0.2, 0.25) is 0 Å². The van der Waals surface area contributed by atoms with E-state index in [9.17, 15) is 5.11 Å². The van der Waals surface area contributed by atoms with Gasteiger partial charge in [0.1, 0.15) is 5.75 Å². The third-order valence-corrected chi connectivity index (χ3v) is 8.14. The van der Waals surface area contributed by atoms with Crippen molar-refractivity contribution in [3.8, 4) is 16.9 Å². The first-order valence-corrected chi connectivity index (χ1v) is 12.3. The second-order valence-electron chi connectivity index (χ2n) is 9.03. The molecule has 170 valence electrons. The number of pyridine rings is 1. The molecule has 0 radical (unpaired) electrons. The van der Waals surface area contributed by atoms with Crippen molar-refractivity contribution in [3.63, 3.8) is 0 Å². The fourth-order valence-corrected chi connectivity index (χ4v) is 6.30. The summed E-state index contributed by atoms with van der Waals surface area (Å²) in [5.41, 5.74) is 6.14. The molecular weight excluding hydrogens is 458 g/mol. The number of ether oxygens (including phenoxy) is 1. The summed E-state index contributed by atoms with van der Waals surface area (Å²) in [6.45, 7) is -0.00274. The number of likely N-dealkylation sites (N-methyl/N-ethyl adjacent to an activating group) is 1. The second kappa shape index (κ2) is 8.09. The number of aliphatic hydroxyl groups excluding tert-OH is 1. The molecule has 2 atom stereocenters. The van der Waals surface area contributed by atoms with Gasteiger partial charge in [0.05, 0.1) is 22.5 Å². The molecule has 1 N–H and O–H groups in total. The maximum Gasteiger partial charge on any atom is 0.181 e. The summed E-state index contributed by atoms with van der Waals surface area (Å²) >= 11 is 8.10. The van der Waals surface area contributed by atoms with E-state index in [1.807, 2.05) is 24.3 Å². The highest BCUT2D eigenvalue weighted by molar-refractivity contribution is 7.19. The fourth-order valence-electron chi connectivity index (χ4n) is 5.05. The second-order valence-corrected chi connectivity index (χ2v) is 10.6. The Morgan fingerprint density at radius 2 is 2.09 bits per heavy atom. The molecule has 2 aliphatic rings. The van der Waals surface area contributed by atoms with Gasteiger partial charge in [-0.1, -0.05) is 16.8 Å². The highest BCUT2D eigenvalue weighted by Gasteiger charge is 2.36. The maximum atomic E-state index is 9.61. The van der Waals surface area contributed by atoms with Crippen LogP contribution in [-0.4, -0.2) is 40.3 Å². The van der Waals surface area contributed by atoms with Crippen LogP contribution in [0, 0.1) is 0 Å². The zero-order valence-electron chi connectivity index (χ0n) is 18.5. The molecule has 6 nitrogen and oxygen atoms in total. The van der Waals surface area contributed by atoms with Crippen molar-refractivity contribution in [1.82, 2.24) is 15.0 Å². The number of benzene rings is 1. The summed E-state index contributed by atoms with van der Waals surface area (Å²) in [6, 6.07) is 8.33. The number of aryl methyl sites for hydroxylation is 1. The monoisotopic (exact) mass is 481 g/mol. The molecule has 0 saturated carbocycles. The third-order valence-electron chi connectivity index (χ3n) is 6.78. The first-order chi connectivity index (χ1) is 16.0. The molecule has 1 aromatic carbocycles. The number of hydrogen-bond donors (Lipinski definition) is 1. The zero-order valence-corrected chi connectivity index (χ0v) is 20.0. The Morgan fingerprint density at radius 1 is 1.21 bits per heavy atom. The van der Waals surface area contributed by atoms with Gasteiger partial charge in [-0.2, -0.15) is 0 Å². The molecule has 4 aromatic rings. The smallest absolute Gasteiger partial charge is 0.181 e. The topological polar surface area (TPSA) is 71.6 Å². The van der Waals surface area contributed by atoms with E-state index in [1.54, 1.807) is 17.5 Å². The Balaban J connectivity index is 1.40. The molecule has 0 saturated heterocycles. The molecule has 0 amide bonds. The third kappa shape index (κ3) is 3.54. The van der Waals surface area contributed by atoms with Gasteiger partial charge < -0.3 is 19.3 Å². The standard InChI is InChI=1S/C25H24ClN3O3S/c1-29(2)15-3-4-20-19(10-15)24(32-28-20)22-8-13-7-14(26)9-18(23(13)31-22)17-5-6-27-21-11-16(12-30)33-25(17)21/h5-7,9,11,15,22,30H,3-4,8,10,12H2,1-2H3. The number of fused-ring (bicyclic) bond motifs is 3. The van der Waals surface area contributed by atoms with Gasteiger partial charge in [-0.15, -0.1) is 11.3 Å². The molecule has 3 aromatic heterocycles. The molecule has 1 aliphatic carbocycles. The number of thiophene rings is 1. The zero-order chi connectivity index (χ0) is 22.7. The van der Waals surface area contributed by atoms with Crippen molar-refractivity contribution in [2.75, 3.05) is 14.1 Å². The van der Waals surface area contributed by atoms with E-state index < -0.39 is 0 Å². The lowest BCUT2D eigenvalue weighted by Crippen LogP contribution is -2.33. The molecule has 6 rings (SSSR count). The van der Waals surface area contributed by atoms with Crippen LogP contribution in [0.2, 0.25) is 5.02 Å². The summed E-state index contributed by atoms with van der Waals surface area (Å²) in [5, 5.41) is 14.7. The van der Waals surface area contributed by atoms with Crippen LogP contribution >= 0.6 is 22.9 Å². The predicted molar refractivity (Wildman–Crippen MR) is 129 cm³/mol. The van der Waals surface area contributed by atoms with Gasteiger partial charge in [0, 0.05) is 50.8 Å². The van der Waals surface area contributed by atoms with Gasteiger partial charge in [-0.3, -0.25) is 4.98 Å². The highest BCUT2D eigenvalue weighted by atomic mass is 35.5. The molecule has 0 bridgehead atoms. The van der Waals surface area contributed by atoms with Gasteiger partial charge in [-0.25, -0.2) is 0 Å². The summed E-state index contributed by atoms with van der Waals surface area (Å²) in [4.78, 5) is 7.63. The average Bonchev–Trinajstić information content (AvgIpc) is 3.53. The fraction of sp³-hybridized carbons (Fsp3) is 0.360. The Morgan fingerprint density at radius 3 is 2.91 bits per heavy atom. The van der Waals surface area contributed by atoms with Gasteiger partial charge in [0.25, 0.3) is 0 Å². The Labute approximate surface area is 200 Å². The summed E-state index contributed by atoms with van der Waals surface area (Å²) in [7, 11) is 4.25. The van der Waals surface area contributed by atoms with E-state index >= 15 is 0 Å².